The molecule has 5 nitrogen and oxygen atoms in total. The average molecular weight is 295 g/mol. The van der Waals surface area contributed by atoms with Gasteiger partial charge in [-0.3, -0.25) is 10.00 Å². The lowest BCUT2D eigenvalue weighted by atomic mass is 10.2. The Hall–Kier alpha value is -2.40. The average Bonchev–Trinajstić information content (AvgIpc) is 3.08. The number of hydrogen-bond donors (Lipinski definition) is 1. The molecule has 0 unspecified atom stereocenters. The van der Waals surface area contributed by atoms with E-state index >= 15 is 0 Å². The van der Waals surface area contributed by atoms with E-state index in [9.17, 15) is 0 Å². The van der Waals surface area contributed by atoms with E-state index in [4.69, 9.17) is 0 Å². The molecule has 0 saturated heterocycles. The summed E-state index contributed by atoms with van der Waals surface area (Å²) in [5.74, 6) is 0.999. The Balaban J connectivity index is 1.64. The Morgan fingerprint density at radius 1 is 1.14 bits per heavy atom. The van der Waals surface area contributed by atoms with E-state index in [1.54, 1.807) is 0 Å². The number of benzene rings is 1. The fraction of sp³-hybridized carbons (Fsp3) is 0.294. The standard InChI is InChI=1S/C17H21N5/c1-13-10-16(20-19-13)12-21(3)11-15-4-6-17(7-5-15)22-9-8-18-14(22)2/h4-10H,11-12H2,1-3H3,(H,19,20). The smallest absolute Gasteiger partial charge is 0.110 e. The number of hydrogen-bond acceptors (Lipinski definition) is 3. The van der Waals surface area contributed by atoms with Crippen LogP contribution in [0.25, 0.3) is 5.69 Å². The van der Waals surface area contributed by atoms with E-state index in [-0.39, 0.29) is 0 Å². The van der Waals surface area contributed by atoms with Gasteiger partial charge in [-0.25, -0.2) is 4.98 Å². The highest BCUT2D eigenvalue weighted by atomic mass is 15.2. The molecule has 0 amide bonds. The number of imidazole rings is 1. The molecule has 2 heterocycles. The van der Waals surface area contributed by atoms with Gasteiger partial charge in [0.2, 0.25) is 0 Å². The van der Waals surface area contributed by atoms with Crippen molar-refractivity contribution >= 4 is 0 Å². The third-order valence-electron chi connectivity index (χ3n) is 3.68. The van der Waals surface area contributed by atoms with Crippen molar-refractivity contribution in [2.45, 2.75) is 26.9 Å². The highest BCUT2D eigenvalue weighted by molar-refractivity contribution is 5.35. The van der Waals surface area contributed by atoms with Crippen molar-refractivity contribution < 1.29 is 0 Å². The highest BCUT2D eigenvalue weighted by Crippen LogP contribution is 2.13. The normalized spacial score (nSPS) is 11.3. The molecular formula is C17H21N5. The molecule has 3 rings (SSSR count). The van der Waals surface area contributed by atoms with Crippen LogP contribution in [0.2, 0.25) is 0 Å². The summed E-state index contributed by atoms with van der Waals surface area (Å²) in [5, 5.41) is 7.26. The summed E-state index contributed by atoms with van der Waals surface area (Å²) in [4.78, 5) is 6.51. The lowest BCUT2D eigenvalue weighted by Gasteiger charge is -2.15. The summed E-state index contributed by atoms with van der Waals surface area (Å²) < 4.78 is 2.08. The van der Waals surface area contributed by atoms with Crippen LogP contribution in [0.3, 0.4) is 0 Å². The number of nitrogens with one attached hydrogen (secondary N) is 1. The molecule has 0 saturated carbocycles. The number of nitrogens with zero attached hydrogens (tertiary/aromatic N) is 4. The lowest BCUT2D eigenvalue weighted by molar-refractivity contribution is 0.315. The van der Waals surface area contributed by atoms with Crippen LogP contribution in [0.15, 0.2) is 42.7 Å². The molecule has 1 N–H and O–H groups in total. The number of H-pyrrole nitrogens is 1. The highest BCUT2D eigenvalue weighted by Gasteiger charge is 2.05. The zero-order valence-electron chi connectivity index (χ0n) is 13.2. The van der Waals surface area contributed by atoms with Crippen LogP contribution < -0.4 is 0 Å². The zero-order chi connectivity index (χ0) is 15.5. The Kier molecular flexibility index (Phi) is 4.06. The maximum Gasteiger partial charge on any atom is 0.110 e. The largest absolute Gasteiger partial charge is 0.304 e. The summed E-state index contributed by atoms with van der Waals surface area (Å²) in [7, 11) is 2.11. The molecule has 0 atom stereocenters. The van der Waals surface area contributed by atoms with Crippen LogP contribution in [0, 0.1) is 13.8 Å². The summed E-state index contributed by atoms with van der Waals surface area (Å²) in [5.41, 5.74) is 4.61. The fourth-order valence-corrected chi connectivity index (χ4v) is 2.61. The maximum absolute atomic E-state index is 4.28. The second kappa shape index (κ2) is 6.15. The van der Waals surface area contributed by atoms with Crippen LogP contribution in [-0.2, 0) is 13.1 Å². The molecule has 0 spiro atoms. The molecule has 0 bridgehead atoms. The third kappa shape index (κ3) is 3.26. The first-order chi connectivity index (χ1) is 10.6. The molecule has 0 fully saturated rings. The van der Waals surface area contributed by atoms with E-state index < -0.39 is 0 Å². The molecule has 0 aliphatic carbocycles. The zero-order valence-corrected chi connectivity index (χ0v) is 13.2. The summed E-state index contributed by atoms with van der Waals surface area (Å²) in [6.45, 7) is 5.77. The van der Waals surface area contributed by atoms with E-state index in [1.165, 1.54) is 5.56 Å². The number of rotatable bonds is 5. The Morgan fingerprint density at radius 2 is 1.91 bits per heavy atom. The summed E-state index contributed by atoms with van der Waals surface area (Å²) in [6.07, 6.45) is 3.80. The quantitative estimate of drug-likeness (QED) is 0.787. The van der Waals surface area contributed by atoms with E-state index in [0.29, 0.717) is 0 Å². The van der Waals surface area contributed by atoms with Gasteiger partial charge in [0, 0.05) is 36.9 Å². The van der Waals surface area contributed by atoms with Crippen LogP contribution >= 0.6 is 0 Å². The van der Waals surface area contributed by atoms with Crippen molar-refractivity contribution in [1.82, 2.24) is 24.6 Å². The Morgan fingerprint density at radius 3 is 2.50 bits per heavy atom. The van der Waals surface area contributed by atoms with Gasteiger partial charge in [0.1, 0.15) is 5.82 Å². The van der Waals surface area contributed by atoms with E-state index in [2.05, 4.69) is 62.0 Å². The van der Waals surface area contributed by atoms with Gasteiger partial charge >= 0.3 is 0 Å². The fourth-order valence-electron chi connectivity index (χ4n) is 2.61. The number of aromatic amines is 1. The molecule has 114 valence electrons. The van der Waals surface area contributed by atoms with Gasteiger partial charge in [-0.1, -0.05) is 12.1 Å². The number of aryl methyl sites for hydroxylation is 2. The molecule has 2 aromatic heterocycles. The van der Waals surface area contributed by atoms with Crippen LogP contribution in [0.1, 0.15) is 22.8 Å². The first-order valence-corrected chi connectivity index (χ1v) is 7.40. The molecule has 0 aliphatic rings. The van der Waals surface area contributed by atoms with Gasteiger partial charge in [-0.2, -0.15) is 5.10 Å². The first-order valence-electron chi connectivity index (χ1n) is 7.40. The van der Waals surface area contributed by atoms with Gasteiger partial charge in [0.15, 0.2) is 0 Å². The van der Waals surface area contributed by atoms with Gasteiger partial charge in [-0.05, 0) is 44.7 Å². The van der Waals surface area contributed by atoms with Gasteiger partial charge in [-0.15, -0.1) is 0 Å². The summed E-state index contributed by atoms with van der Waals surface area (Å²) >= 11 is 0. The topological polar surface area (TPSA) is 49.7 Å². The molecule has 3 aromatic rings. The predicted molar refractivity (Wildman–Crippen MR) is 86.8 cm³/mol. The monoisotopic (exact) mass is 295 g/mol. The van der Waals surface area contributed by atoms with Crippen LogP contribution in [0.5, 0.6) is 0 Å². The van der Waals surface area contributed by atoms with E-state index in [1.807, 2.05) is 26.2 Å². The van der Waals surface area contributed by atoms with Crippen molar-refractivity contribution in [3.8, 4) is 5.69 Å². The second-order valence-electron chi connectivity index (χ2n) is 5.73. The lowest BCUT2D eigenvalue weighted by Crippen LogP contribution is -2.17. The second-order valence-corrected chi connectivity index (χ2v) is 5.73. The molecular weight excluding hydrogens is 274 g/mol. The predicted octanol–water partition coefficient (Wildman–Crippen LogP) is 2.84. The van der Waals surface area contributed by atoms with E-state index in [0.717, 1.165) is 36.0 Å². The number of aromatic nitrogens is 4. The van der Waals surface area contributed by atoms with Crippen molar-refractivity contribution in [2.24, 2.45) is 0 Å². The third-order valence-corrected chi connectivity index (χ3v) is 3.68. The van der Waals surface area contributed by atoms with Gasteiger partial charge in [0.25, 0.3) is 0 Å². The summed E-state index contributed by atoms with van der Waals surface area (Å²) in [6, 6.07) is 10.7. The minimum atomic E-state index is 0.840. The van der Waals surface area contributed by atoms with Crippen molar-refractivity contribution in [1.29, 1.82) is 0 Å². The first kappa shape index (κ1) is 14.5. The SMILES string of the molecule is Cc1cc(CN(C)Cc2ccc(-n3ccnc3C)cc2)n[nH]1. The molecule has 5 heteroatoms. The van der Waals surface area contributed by atoms with Crippen LogP contribution in [-0.4, -0.2) is 31.7 Å². The Bertz CT molecular complexity index is 739. The molecule has 22 heavy (non-hydrogen) atoms. The van der Waals surface area contributed by atoms with Gasteiger partial charge in [0.05, 0.1) is 5.69 Å². The van der Waals surface area contributed by atoms with Crippen molar-refractivity contribution in [2.75, 3.05) is 7.05 Å². The Labute approximate surface area is 130 Å². The van der Waals surface area contributed by atoms with Gasteiger partial charge < -0.3 is 4.57 Å². The van der Waals surface area contributed by atoms with Crippen molar-refractivity contribution in [3.63, 3.8) is 0 Å². The molecule has 1 aromatic carbocycles. The molecule has 0 aliphatic heterocycles. The maximum atomic E-state index is 4.28. The van der Waals surface area contributed by atoms with Crippen LogP contribution in [0.4, 0.5) is 0 Å². The molecule has 0 radical (unpaired) electrons. The minimum absolute atomic E-state index is 0.840. The minimum Gasteiger partial charge on any atom is -0.304 e. The van der Waals surface area contributed by atoms with Crippen molar-refractivity contribution in [3.05, 3.63) is 65.5 Å².